The maximum Gasteiger partial charge on any atom is 0.290 e. The van der Waals surface area contributed by atoms with Crippen molar-refractivity contribution in [2.24, 2.45) is 0 Å². The van der Waals surface area contributed by atoms with Crippen LogP contribution >= 0.6 is 0 Å². The third-order valence-electron chi connectivity index (χ3n) is 4.15. The fourth-order valence-electron chi connectivity index (χ4n) is 2.80. The Morgan fingerprint density at radius 1 is 1.17 bits per heavy atom. The van der Waals surface area contributed by atoms with Crippen molar-refractivity contribution in [3.8, 4) is 17.2 Å². The first-order valence-corrected chi connectivity index (χ1v) is 8.03. The molecule has 0 amide bonds. The number of hydrogen-bond acceptors (Lipinski definition) is 3. The second-order valence-corrected chi connectivity index (χ2v) is 5.69. The molecule has 1 aliphatic rings. The van der Waals surface area contributed by atoms with Crippen molar-refractivity contribution in [3.63, 3.8) is 0 Å². The van der Waals surface area contributed by atoms with Crippen LogP contribution in [0.1, 0.15) is 5.56 Å². The maximum absolute atomic E-state index is 9.41. The molecule has 1 aromatic carbocycles. The van der Waals surface area contributed by atoms with Gasteiger partial charge in [-0.05, 0) is 11.6 Å². The van der Waals surface area contributed by atoms with E-state index in [0.29, 0.717) is 5.56 Å². The normalized spacial score (nSPS) is 15.1. The molecule has 1 aromatic heterocycles. The van der Waals surface area contributed by atoms with Gasteiger partial charge in [0.2, 0.25) is 0 Å². The molecule has 5 nitrogen and oxygen atoms in total. The first-order valence-electron chi connectivity index (χ1n) is 8.03. The van der Waals surface area contributed by atoms with Gasteiger partial charge in [0.1, 0.15) is 37.8 Å². The highest BCUT2D eigenvalue weighted by atomic mass is 16.5. The number of anilines is 1. The monoisotopic (exact) mass is 310 g/mol. The molecule has 2 heterocycles. The van der Waals surface area contributed by atoms with E-state index in [9.17, 15) is 5.26 Å². The number of nitrogens with one attached hydrogen (secondary N) is 3. The van der Waals surface area contributed by atoms with E-state index in [-0.39, 0.29) is 0 Å². The highest BCUT2D eigenvalue weighted by Crippen LogP contribution is 2.20. The highest BCUT2D eigenvalue weighted by Gasteiger charge is 2.16. The Morgan fingerprint density at radius 3 is 2.70 bits per heavy atom. The number of aromatic nitrogens is 1. The van der Waals surface area contributed by atoms with Crippen molar-refractivity contribution in [2.45, 2.75) is 0 Å². The number of nitrogens with zero attached hydrogens (tertiary/aromatic N) is 1. The van der Waals surface area contributed by atoms with Crippen LogP contribution < -0.4 is 15.2 Å². The minimum atomic E-state index is 0.642. The van der Waals surface area contributed by atoms with Gasteiger partial charge in [0.25, 0.3) is 5.82 Å². The molecule has 2 aromatic rings. The summed E-state index contributed by atoms with van der Waals surface area (Å²) in [5.41, 5.74) is 2.76. The zero-order chi connectivity index (χ0) is 15.9. The summed E-state index contributed by atoms with van der Waals surface area (Å²) < 4.78 is 5.37. The maximum atomic E-state index is 9.41. The highest BCUT2D eigenvalue weighted by molar-refractivity contribution is 5.65. The Kier molecular flexibility index (Phi) is 5.20. The lowest BCUT2D eigenvalue weighted by Gasteiger charge is -2.22. The summed E-state index contributed by atoms with van der Waals surface area (Å²) in [6.45, 7) is 5.67. The van der Waals surface area contributed by atoms with Crippen molar-refractivity contribution in [3.05, 3.63) is 48.2 Å². The topological polar surface area (TPSA) is 63.6 Å². The van der Waals surface area contributed by atoms with Crippen molar-refractivity contribution < 1.29 is 14.6 Å². The number of H-pyrrole nitrogens is 1. The van der Waals surface area contributed by atoms with Crippen LogP contribution in [0.15, 0.2) is 42.6 Å². The SMILES string of the molecule is N#Cc1cc(-c2ccccc2)c[nH+]c1NCC[NH+]1CCOCC1. The quantitative estimate of drug-likeness (QED) is 0.838. The van der Waals surface area contributed by atoms with Gasteiger partial charge in [-0.25, -0.2) is 4.98 Å². The van der Waals surface area contributed by atoms with Gasteiger partial charge in [0, 0.05) is 5.56 Å². The predicted molar refractivity (Wildman–Crippen MR) is 88.0 cm³/mol. The molecular formula is C18H22N4O+2. The molecule has 1 fully saturated rings. The number of rotatable bonds is 5. The number of morpholine rings is 1. The predicted octanol–water partition coefficient (Wildman–Crippen LogP) is 0.366. The molecule has 0 bridgehead atoms. The third kappa shape index (κ3) is 4.07. The Labute approximate surface area is 136 Å². The lowest BCUT2D eigenvalue weighted by atomic mass is 10.1. The van der Waals surface area contributed by atoms with E-state index < -0.39 is 0 Å². The van der Waals surface area contributed by atoms with Crippen molar-refractivity contribution in [1.29, 1.82) is 5.26 Å². The molecule has 1 aliphatic heterocycles. The van der Waals surface area contributed by atoms with Gasteiger partial charge in [0.05, 0.1) is 19.4 Å². The number of hydrogen-bond donors (Lipinski definition) is 2. The molecular weight excluding hydrogens is 288 g/mol. The smallest absolute Gasteiger partial charge is 0.290 e. The van der Waals surface area contributed by atoms with Crippen LogP contribution in [0, 0.1) is 11.3 Å². The van der Waals surface area contributed by atoms with E-state index in [1.165, 1.54) is 0 Å². The largest absolute Gasteiger partial charge is 0.370 e. The summed E-state index contributed by atoms with van der Waals surface area (Å²) in [6, 6.07) is 14.3. The second kappa shape index (κ2) is 7.73. The van der Waals surface area contributed by atoms with E-state index in [4.69, 9.17) is 4.74 Å². The molecule has 0 radical (unpaired) electrons. The summed E-state index contributed by atoms with van der Waals surface area (Å²) in [5, 5.41) is 12.8. The zero-order valence-electron chi connectivity index (χ0n) is 13.1. The van der Waals surface area contributed by atoms with Crippen LogP contribution in [0.2, 0.25) is 0 Å². The summed E-state index contributed by atoms with van der Waals surface area (Å²) in [6.07, 6.45) is 1.94. The fraction of sp³-hybridized carbons (Fsp3) is 0.333. The first kappa shape index (κ1) is 15.5. The van der Waals surface area contributed by atoms with E-state index in [2.05, 4.69) is 16.4 Å². The van der Waals surface area contributed by atoms with Crippen molar-refractivity contribution >= 4 is 5.82 Å². The number of benzene rings is 1. The van der Waals surface area contributed by atoms with Crippen molar-refractivity contribution in [2.75, 3.05) is 44.7 Å². The molecule has 0 atom stereocenters. The van der Waals surface area contributed by atoms with E-state index in [1.807, 2.05) is 42.6 Å². The van der Waals surface area contributed by atoms with E-state index in [0.717, 1.165) is 56.3 Å². The molecule has 0 saturated carbocycles. The standard InChI is InChI=1S/C18H20N4O/c19-13-16-12-17(15-4-2-1-3-5-15)14-21-18(16)20-6-7-22-8-10-23-11-9-22/h1-5,12,14H,6-11H2,(H,20,21)/p+2. The molecule has 1 saturated heterocycles. The lowest BCUT2D eigenvalue weighted by molar-refractivity contribution is -0.906. The van der Waals surface area contributed by atoms with Gasteiger partial charge in [-0.2, -0.15) is 5.26 Å². The first-order chi connectivity index (χ1) is 11.4. The molecule has 0 spiro atoms. The summed E-state index contributed by atoms with van der Waals surface area (Å²) in [5.74, 6) is 0.792. The van der Waals surface area contributed by atoms with Crippen LogP contribution in [0.4, 0.5) is 5.82 Å². The Bertz CT molecular complexity index is 675. The number of ether oxygens (including phenoxy) is 1. The zero-order valence-corrected chi connectivity index (χ0v) is 13.1. The average Bonchev–Trinajstić information content (AvgIpc) is 2.63. The van der Waals surface area contributed by atoms with Gasteiger partial charge < -0.3 is 9.64 Å². The Hall–Kier alpha value is -2.42. The molecule has 0 unspecified atom stereocenters. The van der Waals surface area contributed by atoms with Crippen LogP contribution in [-0.4, -0.2) is 39.4 Å². The molecule has 118 valence electrons. The van der Waals surface area contributed by atoms with Crippen LogP contribution in [0.3, 0.4) is 0 Å². The summed E-state index contributed by atoms with van der Waals surface area (Å²) >= 11 is 0. The van der Waals surface area contributed by atoms with E-state index >= 15 is 0 Å². The average molecular weight is 310 g/mol. The molecule has 0 aliphatic carbocycles. The van der Waals surface area contributed by atoms with Crippen LogP contribution in [-0.2, 0) is 4.74 Å². The lowest BCUT2D eigenvalue weighted by Crippen LogP contribution is -3.14. The number of pyridine rings is 1. The van der Waals surface area contributed by atoms with Gasteiger partial charge in [-0.1, -0.05) is 30.3 Å². The Balaban J connectivity index is 1.64. The third-order valence-corrected chi connectivity index (χ3v) is 4.15. The molecule has 5 heteroatoms. The second-order valence-electron chi connectivity index (χ2n) is 5.69. The van der Waals surface area contributed by atoms with Crippen molar-refractivity contribution in [1.82, 2.24) is 0 Å². The molecule has 3 rings (SSSR count). The van der Waals surface area contributed by atoms with Crippen LogP contribution in [0.5, 0.6) is 0 Å². The number of aromatic amines is 1. The molecule has 23 heavy (non-hydrogen) atoms. The summed E-state index contributed by atoms with van der Waals surface area (Å²) in [4.78, 5) is 4.77. The number of quaternary nitrogens is 1. The van der Waals surface area contributed by atoms with E-state index in [1.54, 1.807) is 4.90 Å². The van der Waals surface area contributed by atoms with Crippen LogP contribution in [0.25, 0.3) is 11.1 Å². The number of nitriles is 1. The van der Waals surface area contributed by atoms with Gasteiger partial charge in [-0.3, -0.25) is 5.32 Å². The minimum absolute atomic E-state index is 0.642. The van der Waals surface area contributed by atoms with Gasteiger partial charge >= 0.3 is 0 Å². The molecule has 3 N–H and O–H groups in total. The van der Waals surface area contributed by atoms with Gasteiger partial charge in [-0.15, -0.1) is 0 Å². The summed E-state index contributed by atoms with van der Waals surface area (Å²) in [7, 11) is 0. The Morgan fingerprint density at radius 2 is 1.96 bits per heavy atom. The van der Waals surface area contributed by atoms with Gasteiger partial charge in [0.15, 0.2) is 0 Å². The fourth-order valence-corrected chi connectivity index (χ4v) is 2.80. The minimum Gasteiger partial charge on any atom is -0.370 e.